The van der Waals surface area contributed by atoms with Crippen LogP contribution in [0, 0.1) is 0 Å². The van der Waals surface area contributed by atoms with Gasteiger partial charge in [-0.1, -0.05) is 0 Å². The smallest absolute Gasteiger partial charge is 0.320 e. The number of amides is 3. The molecule has 1 aliphatic rings. The number of nitrogens with zero attached hydrogens (tertiary/aromatic N) is 2. The van der Waals surface area contributed by atoms with Gasteiger partial charge in [-0.2, -0.15) is 0 Å². The second-order valence-corrected chi connectivity index (χ2v) is 4.35. The van der Waals surface area contributed by atoms with E-state index in [0.29, 0.717) is 19.5 Å². The Hall–Kier alpha value is -1.43. The second-order valence-electron chi connectivity index (χ2n) is 3.49. The Morgan fingerprint density at radius 1 is 1.50 bits per heavy atom. The Labute approximate surface area is 101 Å². The standard InChI is InChI=1S/C10H10BrN3O2/c11-8-5-12-3-1-7(8)6-14-4-2-9(15)13-10(14)16/h1,3,5H,2,4,6H2,(H,13,15,16). The lowest BCUT2D eigenvalue weighted by Gasteiger charge is -2.26. The summed E-state index contributed by atoms with van der Waals surface area (Å²) in [6, 6.07) is 1.51. The Morgan fingerprint density at radius 3 is 3.00 bits per heavy atom. The monoisotopic (exact) mass is 283 g/mol. The quantitative estimate of drug-likeness (QED) is 0.890. The van der Waals surface area contributed by atoms with E-state index in [0.717, 1.165) is 10.0 Å². The van der Waals surface area contributed by atoms with E-state index in [1.807, 2.05) is 6.07 Å². The van der Waals surface area contributed by atoms with E-state index >= 15 is 0 Å². The molecule has 0 unspecified atom stereocenters. The predicted octanol–water partition coefficient (Wildman–Crippen LogP) is 1.29. The van der Waals surface area contributed by atoms with Gasteiger partial charge in [0, 0.05) is 36.4 Å². The zero-order valence-corrected chi connectivity index (χ0v) is 10.0. The molecule has 2 heterocycles. The molecular weight excluding hydrogens is 274 g/mol. The maximum Gasteiger partial charge on any atom is 0.324 e. The summed E-state index contributed by atoms with van der Waals surface area (Å²) in [5.74, 6) is -0.213. The third-order valence-corrected chi connectivity index (χ3v) is 3.07. The van der Waals surface area contributed by atoms with Gasteiger partial charge in [-0.3, -0.25) is 15.1 Å². The Bertz CT molecular complexity index is 436. The molecule has 0 aliphatic carbocycles. The molecule has 5 nitrogen and oxygen atoms in total. The van der Waals surface area contributed by atoms with Gasteiger partial charge in [-0.15, -0.1) is 0 Å². The van der Waals surface area contributed by atoms with Crippen LogP contribution in [0.4, 0.5) is 4.79 Å². The first-order valence-electron chi connectivity index (χ1n) is 4.84. The topological polar surface area (TPSA) is 62.3 Å². The predicted molar refractivity (Wildman–Crippen MR) is 60.5 cm³/mol. The minimum Gasteiger partial charge on any atom is -0.320 e. The van der Waals surface area contributed by atoms with E-state index in [4.69, 9.17) is 0 Å². The van der Waals surface area contributed by atoms with E-state index in [1.54, 1.807) is 17.3 Å². The number of rotatable bonds is 2. The molecule has 0 spiro atoms. The minimum atomic E-state index is -0.333. The molecule has 3 amide bonds. The lowest BCUT2D eigenvalue weighted by molar-refractivity contribution is -0.121. The van der Waals surface area contributed by atoms with Crippen LogP contribution in [0.1, 0.15) is 12.0 Å². The fourth-order valence-electron chi connectivity index (χ4n) is 1.49. The molecule has 0 saturated carbocycles. The SMILES string of the molecule is O=C1CCN(Cc2ccncc2Br)C(=O)N1. The molecule has 1 aromatic rings. The lowest BCUT2D eigenvalue weighted by atomic mass is 10.2. The number of hydrogen-bond donors (Lipinski definition) is 1. The molecule has 0 aromatic carbocycles. The molecular formula is C10H10BrN3O2. The zero-order chi connectivity index (χ0) is 11.5. The van der Waals surface area contributed by atoms with Crippen LogP contribution in [-0.2, 0) is 11.3 Å². The van der Waals surface area contributed by atoms with Gasteiger partial charge >= 0.3 is 6.03 Å². The first-order valence-corrected chi connectivity index (χ1v) is 5.63. The number of carbonyl (C=O) groups is 2. The lowest BCUT2D eigenvalue weighted by Crippen LogP contribution is -2.48. The largest absolute Gasteiger partial charge is 0.324 e. The molecule has 0 bridgehead atoms. The van der Waals surface area contributed by atoms with Crippen molar-refractivity contribution >= 4 is 27.9 Å². The normalized spacial score (nSPS) is 16.2. The van der Waals surface area contributed by atoms with E-state index < -0.39 is 0 Å². The summed E-state index contributed by atoms with van der Waals surface area (Å²) < 4.78 is 0.861. The number of pyridine rings is 1. The maximum atomic E-state index is 11.5. The molecule has 2 rings (SSSR count). The maximum absolute atomic E-state index is 11.5. The van der Waals surface area contributed by atoms with Crippen molar-refractivity contribution in [1.82, 2.24) is 15.2 Å². The Balaban J connectivity index is 2.08. The summed E-state index contributed by atoms with van der Waals surface area (Å²) in [7, 11) is 0. The van der Waals surface area contributed by atoms with Crippen LogP contribution in [0.2, 0.25) is 0 Å². The van der Waals surface area contributed by atoms with Crippen molar-refractivity contribution in [3.05, 3.63) is 28.5 Å². The van der Waals surface area contributed by atoms with Crippen molar-refractivity contribution in [2.24, 2.45) is 0 Å². The van der Waals surface area contributed by atoms with Crippen molar-refractivity contribution in [2.45, 2.75) is 13.0 Å². The van der Waals surface area contributed by atoms with Crippen molar-refractivity contribution in [3.63, 3.8) is 0 Å². The Morgan fingerprint density at radius 2 is 2.31 bits per heavy atom. The number of halogens is 1. The van der Waals surface area contributed by atoms with Crippen LogP contribution in [0.25, 0.3) is 0 Å². The van der Waals surface area contributed by atoms with Crippen LogP contribution in [-0.4, -0.2) is 28.4 Å². The Kier molecular flexibility index (Phi) is 3.19. The van der Waals surface area contributed by atoms with Gasteiger partial charge in [-0.05, 0) is 27.6 Å². The van der Waals surface area contributed by atoms with Gasteiger partial charge < -0.3 is 4.90 Å². The van der Waals surface area contributed by atoms with Gasteiger partial charge in [0.15, 0.2) is 0 Å². The van der Waals surface area contributed by atoms with E-state index in [1.165, 1.54) is 0 Å². The highest BCUT2D eigenvalue weighted by Crippen LogP contribution is 2.17. The highest BCUT2D eigenvalue weighted by Gasteiger charge is 2.23. The molecule has 16 heavy (non-hydrogen) atoms. The van der Waals surface area contributed by atoms with E-state index in [-0.39, 0.29) is 11.9 Å². The molecule has 6 heteroatoms. The van der Waals surface area contributed by atoms with Crippen LogP contribution in [0.3, 0.4) is 0 Å². The summed E-state index contributed by atoms with van der Waals surface area (Å²) >= 11 is 3.37. The number of urea groups is 1. The van der Waals surface area contributed by atoms with Crippen LogP contribution in [0.5, 0.6) is 0 Å². The first kappa shape index (κ1) is 11.1. The fraction of sp³-hybridized carbons (Fsp3) is 0.300. The molecule has 1 N–H and O–H groups in total. The van der Waals surface area contributed by atoms with Gasteiger partial charge in [0.25, 0.3) is 0 Å². The third kappa shape index (κ3) is 2.38. The highest BCUT2D eigenvalue weighted by molar-refractivity contribution is 9.10. The van der Waals surface area contributed by atoms with Gasteiger partial charge in [0.1, 0.15) is 0 Å². The zero-order valence-electron chi connectivity index (χ0n) is 8.44. The average molecular weight is 284 g/mol. The summed E-state index contributed by atoms with van der Waals surface area (Å²) in [4.78, 5) is 28.0. The molecule has 1 saturated heterocycles. The van der Waals surface area contributed by atoms with Crippen molar-refractivity contribution < 1.29 is 9.59 Å². The average Bonchev–Trinajstić information content (AvgIpc) is 2.25. The summed E-state index contributed by atoms with van der Waals surface area (Å²) in [5.41, 5.74) is 0.972. The highest BCUT2D eigenvalue weighted by atomic mass is 79.9. The molecule has 1 fully saturated rings. The first-order chi connectivity index (χ1) is 7.66. The second kappa shape index (κ2) is 4.61. The number of carbonyl (C=O) groups excluding carboxylic acids is 2. The minimum absolute atomic E-state index is 0.213. The van der Waals surface area contributed by atoms with Gasteiger partial charge in [-0.25, -0.2) is 4.79 Å². The number of imide groups is 1. The summed E-state index contributed by atoms with van der Waals surface area (Å²) in [6.45, 7) is 0.932. The summed E-state index contributed by atoms with van der Waals surface area (Å²) in [6.07, 6.45) is 3.71. The molecule has 1 aromatic heterocycles. The van der Waals surface area contributed by atoms with E-state index in [9.17, 15) is 9.59 Å². The van der Waals surface area contributed by atoms with Gasteiger partial charge in [0.05, 0.1) is 0 Å². The fourth-order valence-corrected chi connectivity index (χ4v) is 1.86. The van der Waals surface area contributed by atoms with Crippen LogP contribution >= 0.6 is 15.9 Å². The van der Waals surface area contributed by atoms with Crippen LogP contribution < -0.4 is 5.32 Å². The summed E-state index contributed by atoms with van der Waals surface area (Å²) in [5, 5.41) is 2.29. The van der Waals surface area contributed by atoms with E-state index in [2.05, 4.69) is 26.2 Å². The molecule has 0 radical (unpaired) electrons. The van der Waals surface area contributed by atoms with Crippen molar-refractivity contribution in [1.29, 1.82) is 0 Å². The van der Waals surface area contributed by atoms with Crippen LogP contribution in [0.15, 0.2) is 22.9 Å². The molecule has 0 atom stereocenters. The van der Waals surface area contributed by atoms with Crippen molar-refractivity contribution in [2.75, 3.05) is 6.54 Å². The number of hydrogen-bond acceptors (Lipinski definition) is 3. The molecule has 1 aliphatic heterocycles. The number of nitrogens with one attached hydrogen (secondary N) is 1. The van der Waals surface area contributed by atoms with Gasteiger partial charge in [0.2, 0.25) is 5.91 Å². The number of aromatic nitrogens is 1. The molecule has 84 valence electrons. The third-order valence-electron chi connectivity index (χ3n) is 2.36. The van der Waals surface area contributed by atoms with Crippen molar-refractivity contribution in [3.8, 4) is 0 Å².